The zero-order valence-corrected chi connectivity index (χ0v) is 26.1. The highest BCUT2D eigenvalue weighted by Crippen LogP contribution is 2.78. The summed E-state index contributed by atoms with van der Waals surface area (Å²) >= 11 is 0. The van der Waals surface area contributed by atoms with E-state index >= 15 is 4.79 Å². The molecule has 216 valence electrons. The lowest BCUT2D eigenvalue weighted by molar-refractivity contribution is -0.316. The number of rotatable bonds is 10. The predicted molar refractivity (Wildman–Crippen MR) is 156 cm³/mol. The van der Waals surface area contributed by atoms with Crippen molar-refractivity contribution in [3.05, 3.63) is 46.6 Å². The maximum Gasteiger partial charge on any atom is 0.201 e. The number of carbonyl (C=O) groups excluding carboxylic acids is 3. The second kappa shape index (κ2) is 10.4. The summed E-state index contributed by atoms with van der Waals surface area (Å²) in [6, 6.07) is 0. The molecular formula is C34H50O5. The molecule has 2 saturated heterocycles. The van der Waals surface area contributed by atoms with Crippen LogP contribution in [-0.4, -0.2) is 33.8 Å². The maximum absolute atomic E-state index is 15.0. The van der Waals surface area contributed by atoms with Crippen molar-refractivity contribution in [2.75, 3.05) is 0 Å². The van der Waals surface area contributed by atoms with E-state index in [1.807, 2.05) is 74.5 Å². The average molecular weight is 539 g/mol. The Labute approximate surface area is 235 Å². The van der Waals surface area contributed by atoms with Crippen LogP contribution in [0.25, 0.3) is 0 Å². The van der Waals surface area contributed by atoms with E-state index in [1.165, 1.54) is 0 Å². The van der Waals surface area contributed by atoms with Crippen LogP contribution < -0.4 is 0 Å². The molecule has 0 aromatic carbocycles. The summed E-state index contributed by atoms with van der Waals surface area (Å²) in [5.41, 5.74) is -1.96. The van der Waals surface area contributed by atoms with Gasteiger partial charge in [0.1, 0.15) is 0 Å². The largest absolute Gasteiger partial charge is 0.363 e. The van der Waals surface area contributed by atoms with Crippen LogP contribution in [0.3, 0.4) is 0 Å². The molecule has 0 radical (unpaired) electrons. The highest BCUT2D eigenvalue weighted by Gasteiger charge is 2.94. The van der Waals surface area contributed by atoms with Gasteiger partial charge in [-0.2, -0.15) is 0 Å². The Balaban J connectivity index is 2.52. The monoisotopic (exact) mass is 538 g/mol. The molecule has 3 aliphatic rings. The summed E-state index contributed by atoms with van der Waals surface area (Å²) in [5, 5.41) is 13.0. The lowest BCUT2D eigenvalue weighted by Gasteiger charge is -2.64. The minimum atomic E-state index is -2.23. The predicted octanol–water partition coefficient (Wildman–Crippen LogP) is 7.25. The molecule has 6 atom stereocenters. The first-order valence-corrected chi connectivity index (χ1v) is 14.5. The first-order chi connectivity index (χ1) is 17.9. The van der Waals surface area contributed by atoms with E-state index < -0.39 is 39.3 Å². The fourth-order valence-electron chi connectivity index (χ4n) is 7.53. The van der Waals surface area contributed by atoms with E-state index in [-0.39, 0.29) is 30.3 Å². The molecule has 2 heterocycles. The van der Waals surface area contributed by atoms with E-state index in [0.29, 0.717) is 19.3 Å². The Morgan fingerprint density at radius 2 is 1.33 bits per heavy atom. The van der Waals surface area contributed by atoms with E-state index in [9.17, 15) is 14.7 Å². The molecule has 1 N–H and O–H groups in total. The third-order valence-corrected chi connectivity index (χ3v) is 9.64. The third-order valence-electron chi connectivity index (χ3n) is 9.64. The number of fused-ring (bicyclic) bond motifs is 1. The summed E-state index contributed by atoms with van der Waals surface area (Å²) < 4.78 is 6.50. The van der Waals surface area contributed by atoms with E-state index in [4.69, 9.17) is 4.74 Å². The van der Waals surface area contributed by atoms with Gasteiger partial charge in [0.05, 0.1) is 5.41 Å². The zero-order valence-electron chi connectivity index (χ0n) is 26.1. The maximum atomic E-state index is 15.0. The lowest BCUT2D eigenvalue weighted by Crippen LogP contribution is -2.78. The molecule has 39 heavy (non-hydrogen) atoms. The number of hydrogen-bond donors (Lipinski definition) is 1. The zero-order chi connectivity index (χ0) is 29.8. The number of ether oxygens (including phenoxy) is 1. The Hall–Kier alpha value is -2.11. The fourth-order valence-corrected chi connectivity index (χ4v) is 7.53. The molecule has 2 aliphatic heterocycles. The van der Waals surface area contributed by atoms with Crippen molar-refractivity contribution in [1.29, 1.82) is 0 Å². The van der Waals surface area contributed by atoms with Crippen LogP contribution in [0, 0.1) is 28.1 Å². The van der Waals surface area contributed by atoms with Crippen LogP contribution in [0.4, 0.5) is 0 Å². The van der Waals surface area contributed by atoms with Crippen molar-refractivity contribution in [3.8, 4) is 0 Å². The van der Waals surface area contributed by atoms with Crippen LogP contribution in [-0.2, 0) is 19.1 Å². The molecule has 1 aliphatic carbocycles. The summed E-state index contributed by atoms with van der Waals surface area (Å²) in [6.07, 6.45) is 9.63. The molecular weight excluding hydrogens is 488 g/mol. The van der Waals surface area contributed by atoms with Crippen LogP contribution in [0.2, 0.25) is 0 Å². The van der Waals surface area contributed by atoms with Crippen LogP contribution in [0.15, 0.2) is 46.6 Å². The smallest absolute Gasteiger partial charge is 0.201 e. The fraction of sp³-hybridized carbons (Fsp3) is 0.676. The molecule has 2 bridgehead atoms. The van der Waals surface area contributed by atoms with Gasteiger partial charge < -0.3 is 9.84 Å². The van der Waals surface area contributed by atoms with Crippen LogP contribution in [0.5, 0.6) is 0 Å². The van der Waals surface area contributed by atoms with Crippen molar-refractivity contribution >= 4 is 17.3 Å². The summed E-state index contributed by atoms with van der Waals surface area (Å²) in [7, 11) is 0. The van der Waals surface area contributed by atoms with Crippen LogP contribution in [0.1, 0.15) is 108 Å². The number of carbonyl (C=O) groups is 3. The molecule has 3 rings (SSSR count). The van der Waals surface area contributed by atoms with Gasteiger partial charge in [0.15, 0.2) is 28.4 Å². The molecule has 0 spiro atoms. The lowest BCUT2D eigenvalue weighted by atomic mass is 9.35. The van der Waals surface area contributed by atoms with Gasteiger partial charge in [-0.15, -0.1) is 0 Å². The van der Waals surface area contributed by atoms with Gasteiger partial charge in [0.2, 0.25) is 5.79 Å². The highest BCUT2D eigenvalue weighted by atomic mass is 16.7. The second-order valence-corrected chi connectivity index (χ2v) is 13.9. The van der Waals surface area contributed by atoms with Gasteiger partial charge in [-0.3, -0.25) is 14.4 Å². The van der Waals surface area contributed by atoms with Crippen molar-refractivity contribution in [2.45, 2.75) is 120 Å². The van der Waals surface area contributed by atoms with Gasteiger partial charge in [-0.05, 0) is 92.4 Å². The SMILES string of the molecule is CC(C)=CC[C@H]1C[C@]2(CC=C(C)C)C(=O)[C@@]3(CC=C(C)C)O[C@]2(O)[C@](C(=O)C(C)C)(C3=O)[C@]1(C)CC=C(C)C. The van der Waals surface area contributed by atoms with Gasteiger partial charge in [0.25, 0.3) is 0 Å². The summed E-state index contributed by atoms with van der Waals surface area (Å²) in [6.45, 7) is 21.3. The van der Waals surface area contributed by atoms with E-state index in [2.05, 4.69) is 12.2 Å². The molecule has 0 unspecified atom stereocenters. The quantitative estimate of drug-likeness (QED) is 0.234. The van der Waals surface area contributed by atoms with Crippen molar-refractivity contribution in [2.24, 2.45) is 28.1 Å². The molecule has 0 amide bonds. The third kappa shape index (κ3) is 4.22. The second-order valence-electron chi connectivity index (χ2n) is 13.9. The summed E-state index contributed by atoms with van der Waals surface area (Å²) in [4.78, 5) is 44.3. The van der Waals surface area contributed by atoms with E-state index in [1.54, 1.807) is 13.8 Å². The van der Waals surface area contributed by atoms with Crippen molar-refractivity contribution < 1.29 is 24.2 Å². The molecule has 0 aromatic rings. The molecule has 5 nitrogen and oxygen atoms in total. The van der Waals surface area contributed by atoms with Crippen molar-refractivity contribution in [3.63, 3.8) is 0 Å². The number of aliphatic hydroxyl groups is 1. The standard InChI is InChI=1S/C34H50O5/c1-21(2)12-13-26-20-31(18-15-23(5)6)28(36)32(19-16-24(7)8)29(37)33(27(35)25(9)10,34(31,38)39-32)30(26,11)17-14-22(3)4/h12,14-16,25-26,38H,13,17-20H2,1-11H3/t26-,30+,31+,32+,33+,34-/m0/s1. The van der Waals surface area contributed by atoms with Crippen molar-refractivity contribution in [1.82, 2.24) is 0 Å². The Kier molecular flexibility index (Phi) is 8.36. The number of allylic oxidation sites excluding steroid dienone is 7. The average Bonchev–Trinajstić information content (AvgIpc) is 3.16. The Bertz CT molecular complexity index is 1170. The van der Waals surface area contributed by atoms with Gasteiger partial charge in [-0.25, -0.2) is 0 Å². The number of hydrogen-bond acceptors (Lipinski definition) is 5. The minimum absolute atomic E-state index is 0.0242. The Morgan fingerprint density at radius 1 is 0.846 bits per heavy atom. The first kappa shape index (κ1) is 31.4. The molecule has 5 heteroatoms. The molecule has 3 fully saturated rings. The van der Waals surface area contributed by atoms with Gasteiger partial charge >= 0.3 is 0 Å². The normalized spacial score (nSPS) is 36.6. The highest BCUT2D eigenvalue weighted by molar-refractivity contribution is 6.28. The topological polar surface area (TPSA) is 80.7 Å². The number of Topliss-reactive ketones (excluding diaryl/α,β-unsaturated/α-hetero) is 3. The summed E-state index contributed by atoms with van der Waals surface area (Å²) in [5.74, 6) is -4.20. The molecule has 1 saturated carbocycles. The van der Waals surface area contributed by atoms with Gasteiger partial charge in [0, 0.05) is 12.3 Å². The first-order valence-electron chi connectivity index (χ1n) is 14.5. The number of ketones is 3. The Morgan fingerprint density at radius 3 is 1.82 bits per heavy atom. The van der Waals surface area contributed by atoms with E-state index in [0.717, 1.165) is 22.3 Å². The molecule has 0 aromatic heterocycles. The minimum Gasteiger partial charge on any atom is -0.363 e. The van der Waals surface area contributed by atoms with Gasteiger partial charge in [-0.1, -0.05) is 67.4 Å². The van der Waals surface area contributed by atoms with Crippen LogP contribution >= 0.6 is 0 Å².